The lowest BCUT2D eigenvalue weighted by Crippen LogP contribution is -2.30. The molecular formula is C17H18N2O4. The van der Waals surface area contributed by atoms with Gasteiger partial charge < -0.3 is 19.7 Å². The van der Waals surface area contributed by atoms with Crippen molar-refractivity contribution in [2.75, 3.05) is 20.2 Å². The Balaban J connectivity index is 1.87. The maximum atomic E-state index is 12.5. The van der Waals surface area contributed by atoms with Gasteiger partial charge >= 0.3 is 5.97 Å². The van der Waals surface area contributed by atoms with E-state index in [4.69, 9.17) is 4.74 Å². The van der Waals surface area contributed by atoms with Crippen molar-refractivity contribution in [3.63, 3.8) is 0 Å². The zero-order chi connectivity index (χ0) is 16.4. The minimum Gasteiger partial charge on any atom is -0.497 e. The van der Waals surface area contributed by atoms with Gasteiger partial charge in [0.2, 0.25) is 0 Å². The number of methoxy groups -OCH3 is 1. The molecule has 6 nitrogen and oxygen atoms in total. The minimum atomic E-state index is -0.889. The number of rotatable bonds is 4. The number of likely N-dealkylation sites (tertiary alicyclic amines) is 1. The molecule has 2 heterocycles. The van der Waals surface area contributed by atoms with Crippen molar-refractivity contribution in [3.8, 4) is 5.75 Å². The van der Waals surface area contributed by atoms with E-state index in [-0.39, 0.29) is 18.4 Å². The molecule has 0 saturated carbocycles. The summed E-state index contributed by atoms with van der Waals surface area (Å²) < 4.78 is 5.21. The third-order valence-corrected chi connectivity index (χ3v) is 4.27. The number of hydrogen-bond acceptors (Lipinski definition) is 3. The lowest BCUT2D eigenvalue weighted by Gasteiger charge is -2.16. The van der Waals surface area contributed by atoms with Crippen LogP contribution in [0.2, 0.25) is 0 Å². The summed E-state index contributed by atoms with van der Waals surface area (Å²) in [7, 11) is 1.57. The molecule has 1 aliphatic heterocycles. The Hall–Kier alpha value is -2.76. The average molecular weight is 314 g/mol. The molecule has 1 amide bonds. The first-order chi connectivity index (χ1) is 11.1. The predicted molar refractivity (Wildman–Crippen MR) is 83.6 cm³/mol. The zero-order valence-corrected chi connectivity index (χ0v) is 12.7. The van der Waals surface area contributed by atoms with Gasteiger partial charge in [-0.2, -0.15) is 0 Å². The lowest BCUT2D eigenvalue weighted by atomic mass is 9.89. The Morgan fingerprint density at radius 1 is 1.26 bits per heavy atom. The van der Waals surface area contributed by atoms with Gasteiger partial charge in [-0.1, -0.05) is 12.1 Å². The van der Waals surface area contributed by atoms with Crippen molar-refractivity contribution >= 4 is 11.9 Å². The van der Waals surface area contributed by atoms with E-state index in [2.05, 4.69) is 4.98 Å². The number of nitrogens with zero attached hydrogens (tertiary/aromatic N) is 1. The fourth-order valence-electron chi connectivity index (χ4n) is 3.06. The van der Waals surface area contributed by atoms with E-state index >= 15 is 0 Å². The first kappa shape index (κ1) is 15.1. The molecule has 0 aliphatic carbocycles. The van der Waals surface area contributed by atoms with Crippen LogP contribution in [0.15, 0.2) is 42.6 Å². The number of carboxylic acids is 1. The molecule has 2 N–H and O–H groups in total. The zero-order valence-electron chi connectivity index (χ0n) is 12.7. The van der Waals surface area contributed by atoms with Crippen molar-refractivity contribution in [2.24, 2.45) is 5.92 Å². The molecule has 1 saturated heterocycles. The maximum Gasteiger partial charge on any atom is 0.308 e. The number of carbonyl (C=O) groups is 2. The van der Waals surface area contributed by atoms with Gasteiger partial charge in [0.25, 0.3) is 5.91 Å². The quantitative estimate of drug-likeness (QED) is 0.904. The predicted octanol–water partition coefficient (Wildman–Crippen LogP) is 1.96. The molecule has 1 aromatic heterocycles. The summed E-state index contributed by atoms with van der Waals surface area (Å²) in [6, 6.07) is 10.8. The summed E-state index contributed by atoms with van der Waals surface area (Å²) in [5, 5.41) is 9.52. The first-order valence-electron chi connectivity index (χ1n) is 7.39. The summed E-state index contributed by atoms with van der Waals surface area (Å²) in [5.41, 5.74) is 1.35. The van der Waals surface area contributed by atoms with Crippen LogP contribution in [0, 0.1) is 5.92 Å². The van der Waals surface area contributed by atoms with E-state index in [1.165, 1.54) is 0 Å². The minimum absolute atomic E-state index is 0.174. The van der Waals surface area contributed by atoms with Gasteiger partial charge in [0, 0.05) is 25.2 Å². The van der Waals surface area contributed by atoms with Gasteiger partial charge in [0.15, 0.2) is 0 Å². The highest BCUT2D eigenvalue weighted by molar-refractivity contribution is 5.93. The van der Waals surface area contributed by atoms with E-state index < -0.39 is 11.9 Å². The van der Waals surface area contributed by atoms with E-state index in [0.717, 1.165) is 5.56 Å². The van der Waals surface area contributed by atoms with E-state index in [9.17, 15) is 14.7 Å². The highest BCUT2D eigenvalue weighted by Gasteiger charge is 2.40. The topological polar surface area (TPSA) is 82.6 Å². The Morgan fingerprint density at radius 3 is 2.74 bits per heavy atom. The van der Waals surface area contributed by atoms with Gasteiger partial charge in [0.1, 0.15) is 11.4 Å². The highest BCUT2D eigenvalue weighted by atomic mass is 16.5. The average Bonchev–Trinajstić information content (AvgIpc) is 3.24. The van der Waals surface area contributed by atoms with Crippen molar-refractivity contribution < 1.29 is 19.4 Å². The first-order valence-corrected chi connectivity index (χ1v) is 7.39. The van der Waals surface area contributed by atoms with Crippen molar-refractivity contribution in [2.45, 2.75) is 5.92 Å². The molecule has 0 spiro atoms. The summed E-state index contributed by atoms with van der Waals surface area (Å²) in [4.78, 5) is 28.5. The number of aromatic nitrogens is 1. The van der Waals surface area contributed by atoms with Crippen LogP contribution in [0.1, 0.15) is 22.0 Å². The second-order valence-electron chi connectivity index (χ2n) is 5.62. The fraction of sp³-hybridized carbons (Fsp3) is 0.294. The summed E-state index contributed by atoms with van der Waals surface area (Å²) >= 11 is 0. The Kier molecular flexibility index (Phi) is 4.06. The molecule has 0 radical (unpaired) electrons. The molecule has 6 heteroatoms. The van der Waals surface area contributed by atoms with Crippen LogP contribution in [0.25, 0.3) is 0 Å². The summed E-state index contributed by atoms with van der Waals surface area (Å²) in [6.45, 7) is 0.580. The van der Waals surface area contributed by atoms with Crippen LogP contribution in [0.4, 0.5) is 0 Å². The number of aromatic amines is 1. The SMILES string of the molecule is COc1cccc([C@@H]2CN(C(=O)c3ccc[nH]3)C[C@H]2C(=O)O)c1. The van der Waals surface area contributed by atoms with Gasteiger partial charge in [-0.3, -0.25) is 9.59 Å². The number of ether oxygens (including phenoxy) is 1. The molecule has 3 rings (SSSR count). The molecule has 0 bridgehead atoms. The molecule has 0 unspecified atom stereocenters. The third kappa shape index (κ3) is 2.92. The molecule has 2 aromatic rings. The van der Waals surface area contributed by atoms with Crippen LogP contribution in [-0.2, 0) is 4.79 Å². The molecular weight excluding hydrogens is 296 g/mol. The van der Waals surface area contributed by atoms with Gasteiger partial charge in [-0.25, -0.2) is 0 Å². The Labute approximate surface area is 133 Å². The van der Waals surface area contributed by atoms with Gasteiger partial charge in [-0.05, 0) is 29.8 Å². The standard InChI is InChI=1S/C17H18N2O4/c1-23-12-5-2-4-11(8-12)13-9-19(10-14(13)17(21)22)16(20)15-6-3-7-18-15/h2-8,13-14,18H,9-10H2,1H3,(H,21,22)/t13-,14+/m0/s1. The number of carbonyl (C=O) groups excluding carboxylic acids is 1. The second-order valence-corrected chi connectivity index (χ2v) is 5.62. The Bertz CT molecular complexity index is 711. The monoisotopic (exact) mass is 314 g/mol. The molecule has 120 valence electrons. The normalized spacial score (nSPS) is 20.5. The summed E-state index contributed by atoms with van der Waals surface area (Å²) in [5.74, 6) is -1.26. The summed E-state index contributed by atoms with van der Waals surface area (Å²) in [6.07, 6.45) is 1.68. The van der Waals surface area contributed by atoms with Gasteiger partial charge in [-0.15, -0.1) is 0 Å². The van der Waals surface area contributed by atoms with Crippen LogP contribution < -0.4 is 4.74 Å². The van der Waals surface area contributed by atoms with E-state index in [0.29, 0.717) is 18.0 Å². The van der Waals surface area contributed by atoms with Gasteiger partial charge in [0.05, 0.1) is 13.0 Å². The highest BCUT2D eigenvalue weighted by Crippen LogP contribution is 2.34. The second kappa shape index (κ2) is 6.16. The Morgan fingerprint density at radius 2 is 2.09 bits per heavy atom. The van der Waals surface area contributed by atoms with E-state index in [1.807, 2.05) is 24.3 Å². The number of aliphatic carboxylic acids is 1. The molecule has 1 aromatic carbocycles. The number of H-pyrrole nitrogens is 1. The number of nitrogens with one attached hydrogen (secondary N) is 1. The third-order valence-electron chi connectivity index (χ3n) is 4.27. The number of carboxylic acid groups (broad SMARTS) is 1. The van der Waals surface area contributed by atoms with Crippen LogP contribution in [0.5, 0.6) is 5.75 Å². The smallest absolute Gasteiger partial charge is 0.308 e. The van der Waals surface area contributed by atoms with Crippen LogP contribution >= 0.6 is 0 Å². The van der Waals surface area contributed by atoms with Crippen molar-refractivity contribution in [1.29, 1.82) is 0 Å². The molecule has 1 aliphatic rings. The van der Waals surface area contributed by atoms with Crippen molar-refractivity contribution in [3.05, 3.63) is 53.9 Å². The number of benzene rings is 1. The fourth-order valence-corrected chi connectivity index (χ4v) is 3.06. The van der Waals surface area contributed by atoms with Crippen molar-refractivity contribution in [1.82, 2.24) is 9.88 Å². The molecule has 1 fully saturated rings. The molecule has 2 atom stereocenters. The number of hydrogen-bond donors (Lipinski definition) is 2. The molecule has 23 heavy (non-hydrogen) atoms. The maximum absolute atomic E-state index is 12.5. The number of amides is 1. The van der Waals surface area contributed by atoms with E-state index in [1.54, 1.807) is 30.3 Å². The largest absolute Gasteiger partial charge is 0.497 e. The lowest BCUT2D eigenvalue weighted by molar-refractivity contribution is -0.141. The van der Waals surface area contributed by atoms with Crippen LogP contribution in [0.3, 0.4) is 0 Å². The van der Waals surface area contributed by atoms with Crippen LogP contribution in [-0.4, -0.2) is 47.1 Å².